The number of carbonyl (C=O) groups excluding carboxylic acids is 2. The van der Waals surface area contributed by atoms with Crippen LogP contribution < -0.4 is 14.2 Å². The molecule has 0 bridgehead atoms. The van der Waals surface area contributed by atoms with Gasteiger partial charge in [-0.25, -0.2) is 5.01 Å². The van der Waals surface area contributed by atoms with Gasteiger partial charge in [-0.2, -0.15) is 5.10 Å². The number of amides is 1. The molecule has 190 valence electrons. The normalized spacial score (nSPS) is 21.3. The summed E-state index contributed by atoms with van der Waals surface area (Å²) in [5.41, 5.74) is 2.71. The van der Waals surface area contributed by atoms with Crippen LogP contribution in [0.15, 0.2) is 47.6 Å². The van der Waals surface area contributed by atoms with Crippen LogP contribution in [0.3, 0.4) is 0 Å². The van der Waals surface area contributed by atoms with E-state index >= 15 is 0 Å². The first-order chi connectivity index (χ1) is 17.6. The van der Waals surface area contributed by atoms with E-state index in [1.54, 1.807) is 12.1 Å². The number of hydrogen-bond donors (Lipinski definition) is 0. The zero-order valence-corrected chi connectivity index (χ0v) is 20.6. The Morgan fingerprint density at radius 3 is 2.69 bits per heavy atom. The molecule has 1 fully saturated rings. The van der Waals surface area contributed by atoms with E-state index in [0.717, 1.165) is 42.0 Å². The second-order valence-corrected chi connectivity index (χ2v) is 9.17. The van der Waals surface area contributed by atoms with Crippen molar-refractivity contribution in [3.8, 4) is 17.2 Å². The minimum atomic E-state index is -0.269. The van der Waals surface area contributed by atoms with E-state index in [1.165, 1.54) is 0 Å². The summed E-state index contributed by atoms with van der Waals surface area (Å²) in [6.45, 7) is 3.83. The van der Waals surface area contributed by atoms with Crippen LogP contribution in [0.2, 0.25) is 0 Å². The van der Waals surface area contributed by atoms with Gasteiger partial charge in [0.15, 0.2) is 11.5 Å². The molecule has 5 rings (SSSR count). The highest BCUT2D eigenvalue weighted by Crippen LogP contribution is 2.39. The van der Waals surface area contributed by atoms with Crippen LogP contribution in [-0.2, 0) is 14.3 Å². The van der Waals surface area contributed by atoms with E-state index in [-0.39, 0.29) is 37.2 Å². The van der Waals surface area contributed by atoms with Crippen molar-refractivity contribution in [1.82, 2.24) is 9.91 Å². The predicted octanol–water partition coefficient (Wildman–Crippen LogP) is 3.38. The summed E-state index contributed by atoms with van der Waals surface area (Å²) in [7, 11) is 1.63. The van der Waals surface area contributed by atoms with Crippen molar-refractivity contribution in [3.05, 3.63) is 53.6 Å². The highest BCUT2D eigenvalue weighted by molar-refractivity contribution is 6.03. The topological polar surface area (TPSA) is 89.9 Å². The van der Waals surface area contributed by atoms with Gasteiger partial charge in [-0.15, -0.1) is 0 Å². The summed E-state index contributed by atoms with van der Waals surface area (Å²) < 4.78 is 21.5. The molecule has 3 aliphatic rings. The predicted molar refractivity (Wildman–Crippen MR) is 132 cm³/mol. The summed E-state index contributed by atoms with van der Waals surface area (Å²) in [5.74, 6) is 1.64. The second kappa shape index (κ2) is 10.6. The number of esters is 1. The van der Waals surface area contributed by atoms with Gasteiger partial charge < -0.3 is 18.9 Å². The van der Waals surface area contributed by atoms with Crippen LogP contribution in [0.4, 0.5) is 0 Å². The maximum absolute atomic E-state index is 13.6. The lowest BCUT2D eigenvalue weighted by molar-refractivity contribution is -0.150. The molecule has 2 aromatic rings. The molecule has 9 nitrogen and oxygen atoms in total. The van der Waals surface area contributed by atoms with E-state index < -0.39 is 0 Å². The monoisotopic (exact) mass is 493 g/mol. The van der Waals surface area contributed by atoms with E-state index in [2.05, 4.69) is 0 Å². The number of piperidine rings is 1. The summed E-state index contributed by atoms with van der Waals surface area (Å²) in [6, 6.07) is 13.2. The standard InChI is InChI=1S/C27H31N3O6/c1-3-34-27(32)20-5-4-12-29(15-20)16-26(31)30-23(19-8-11-24-25(13-19)36-17-35-24)14-22(28-30)18-6-9-21(33-2)10-7-18/h6-11,13,20,23H,3-5,12,14-17H2,1-2H3. The van der Waals surface area contributed by atoms with Crippen LogP contribution in [0.1, 0.15) is 43.4 Å². The van der Waals surface area contributed by atoms with Crippen LogP contribution >= 0.6 is 0 Å². The third-order valence-electron chi connectivity index (χ3n) is 6.85. The molecule has 0 radical (unpaired) electrons. The Kier molecular flexibility index (Phi) is 7.09. The molecule has 0 N–H and O–H groups in total. The number of nitrogens with zero attached hydrogens (tertiary/aromatic N) is 3. The number of ether oxygens (including phenoxy) is 4. The van der Waals surface area contributed by atoms with Crippen molar-refractivity contribution in [3.63, 3.8) is 0 Å². The Hall–Kier alpha value is -3.59. The summed E-state index contributed by atoms with van der Waals surface area (Å²) in [4.78, 5) is 27.9. The largest absolute Gasteiger partial charge is 0.497 e. The highest BCUT2D eigenvalue weighted by atomic mass is 16.7. The van der Waals surface area contributed by atoms with Crippen LogP contribution in [0.25, 0.3) is 0 Å². The summed E-state index contributed by atoms with van der Waals surface area (Å²) >= 11 is 0. The van der Waals surface area contributed by atoms with Gasteiger partial charge in [0.05, 0.1) is 37.9 Å². The maximum Gasteiger partial charge on any atom is 0.310 e. The molecule has 2 atom stereocenters. The minimum Gasteiger partial charge on any atom is -0.497 e. The molecule has 36 heavy (non-hydrogen) atoms. The van der Waals surface area contributed by atoms with Crippen LogP contribution in [-0.4, -0.2) is 67.6 Å². The van der Waals surface area contributed by atoms with Gasteiger partial charge in [0.2, 0.25) is 6.79 Å². The molecule has 3 aliphatic heterocycles. The van der Waals surface area contributed by atoms with E-state index in [4.69, 9.17) is 24.0 Å². The van der Waals surface area contributed by atoms with E-state index in [9.17, 15) is 9.59 Å². The Morgan fingerprint density at radius 2 is 1.92 bits per heavy atom. The molecule has 0 saturated carbocycles. The maximum atomic E-state index is 13.6. The number of fused-ring (bicyclic) bond motifs is 1. The fourth-order valence-corrected chi connectivity index (χ4v) is 4.99. The fraction of sp³-hybridized carbons (Fsp3) is 0.444. The van der Waals surface area contributed by atoms with Gasteiger partial charge in [0.1, 0.15) is 5.75 Å². The average molecular weight is 494 g/mol. The Labute approximate surface area is 210 Å². The molecule has 0 spiro atoms. The van der Waals surface area contributed by atoms with Crippen molar-refractivity contribution in [2.24, 2.45) is 11.0 Å². The molecular weight excluding hydrogens is 462 g/mol. The van der Waals surface area contributed by atoms with Crippen molar-refractivity contribution in [2.75, 3.05) is 40.1 Å². The number of methoxy groups -OCH3 is 1. The van der Waals surface area contributed by atoms with Crippen LogP contribution in [0, 0.1) is 5.92 Å². The third kappa shape index (κ3) is 5.02. The Balaban J connectivity index is 1.37. The van der Waals surface area contributed by atoms with E-state index in [0.29, 0.717) is 31.1 Å². The second-order valence-electron chi connectivity index (χ2n) is 9.17. The van der Waals surface area contributed by atoms with Gasteiger partial charge in [-0.3, -0.25) is 14.5 Å². The van der Waals surface area contributed by atoms with Gasteiger partial charge in [0.25, 0.3) is 5.91 Å². The van der Waals surface area contributed by atoms with Crippen molar-refractivity contribution < 1.29 is 28.5 Å². The lowest BCUT2D eigenvalue weighted by Gasteiger charge is -2.32. The quantitative estimate of drug-likeness (QED) is 0.546. The molecule has 2 unspecified atom stereocenters. The van der Waals surface area contributed by atoms with Crippen LogP contribution in [0.5, 0.6) is 17.2 Å². The number of carbonyl (C=O) groups is 2. The molecular formula is C27H31N3O6. The number of hydrazone groups is 1. The molecule has 1 amide bonds. The SMILES string of the molecule is CCOC(=O)C1CCCN(CC(=O)N2N=C(c3ccc(OC)cc3)CC2c2ccc3c(c2)OCO3)C1. The molecule has 3 heterocycles. The minimum absolute atomic E-state index is 0.106. The molecule has 0 aliphatic carbocycles. The number of hydrogen-bond acceptors (Lipinski definition) is 8. The lowest BCUT2D eigenvalue weighted by atomic mass is 9.97. The number of likely N-dealkylation sites (tertiary alicyclic amines) is 1. The first-order valence-electron chi connectivity index (χ1n) is 12.4. The van der Waals surface area contributed by atoms with Crippen molar-refractivity contribution >= 4 is 17.6 Å². The number of benzene rings is 2. The smallest absolute Gasteiger partial charge is 0.310 e. The van der Waals surface area contributed by atoms with Gasteiger partial charge in [-0.1, -0.05) is 6.07 Å². The summed E-state index contributed by atoms with van der Waals surface area (Å²) in [5, 5.41) is 6.37. The fourth-order valence-electron chi connectivity index (χ4n) is 4.99. The highest BCUT2D eigenvalue weighted by Gasteiger charge is 2.36. The van der Waals surface area contributed by atoms with Gasteiger partial charge in [0, 0.05) is 13.0 Å². The Bertz CT molecular complexity index is 1150. The zero-order valence-electron chi connectivity index (χ0n) is 20.6. The van der Waals surface area contributed by atoms with E-state index in [1.807, 2.05) is 54.3 Å². The summed E-state index contributed by atoms with van der Waals surface area (Å²) in [6.07, 6.45) is 2.21. The lowest BCUT2D eigenvalue weighted by Crippen LogP contribution is -2.44. The first kappa shape index (κ1) is 24.1. The zero-order chi connectivity index (χ0) is 25.1. The van der Waals surface area contributed by atoms with Crippen molar-refractivity contribution in [2.45, 2.75) is 32.2 Å². The Morgan fingerprint density at radius 1 is 1.11 bits per heavy atom. The molecule has 9 heteroatoms. The number of rotatable bonds is 7. The molecule has 0 aromatic heterocycles. The van der Waals surface area contributed by atoms with Crippen molar-refractivity contribution in [1.29, 1.82) is 0 Å². The third-order valence-corrected chi connectivity index (χ3v) is 6.85. The molecule has 1 saturated heterocycles. The average Bonchev–Trinajstić information content (AvgIpc) is 3.56. The van der Waals surface area contributed by atoms with Gasteiger partial charge in [-0.05, 0) is 73.8 Å². The van der Waals surface area contributed by atoms with Gasteiger partial charge >= 0.3 is 5.97 Å². The first-order valence-corrected chi connectivity index (χ1v) is 12.4. The molecule has 2 aromatic carbocycles.